The van der Waals surface area contributed by atoms with Gasteiger partial charge >= 0.3 is 6.03 Å². The van der Waals surface area contributed by atoms with Gasteiger partial charge in [0.1, 0.15) is 0 Å². The second-order valence-electron chi connectivity index (χ2n) is 8.77. The summed E-state index contributed by atoms with van der Waals surface area (Å²) in [5, 5.41) is 11.3. The molecule has 0 bridgehead atoms. The van der Waals surface area contributed by atoms with E-state index in [-0.39, 0.29) is 6.03 Å². The van der Waals surface area contributed by atoms with Crippen LogP contribution in [0.4, 0.5) is 16.2 Å². The van der Waals surface area contributed by atoms with Crippen molar-refractivity contribution in [3.63, 3.8) is 0 Å². The van der Waals surface area contributed by atoms with Crippen molar-refractivity contribution in [1.82, 2.24) is 19.7 Å². The molecule has 180 valence electrons. The molecule has 0 radical (unpaired) electrons. The van der Waals surface area contributed by atoms with E-state index in [0.29, 0.717) is 0 Å². The number of amides is 2. The number of ether oxygens (including phenoxy) is 1. The molecule has 1 aliphatic rings. The van der Waals surface area contributed by atoms with Crippen molar-refractivity contribution in [2.45, 2.75) is 19.9 Å². The number of aryl methyl sites for hydroxylation is 2. The number of carbonyl (C=O) groups is 1. The predicted molar refractivity (Wildman–Crippen MR) is 139 cm³/mol. The smallest absolute Gasteiger partial charge is 0.323 e. The number of benzene rings is 2. The number of anilines is 2. The zero-order valence-corrected chi connectivity index (χ0v) is 20.1. The van der Waals surface area contributed by atoms with E-state index in [9.17, 15) is 4.79 Å². The van der Waals surface area contributed by atoms with Crippen LogP contribution in [0.2, 0.25) is 0 Å². The van der Waals surface area contributed by atoms with Crippen molar-refractivity contribution in [2.24, 2.45) is 7.05 Å². The van der Waals surface area contributed by atoms with E-state index in [2.05, 4.69) is 33.6 Å². The average Bonchev–Trinajstić information content (AvgIpc) is 3.25. The number of rotatable bonds is 6. The number of hydrogen-bond donors (Lipinski definition) is 2. The molecule has 3 heterocycles. The third-order valence-corrected chi connectivity index (χ3v) is 6.29. The third-order valence-electron chi connectivity index (χ3n) is 6.29. The van der Waals surface area contributed by atoms with E-state index >= 15 is 0 Å². The van der Waals surface area contributed by atoms with Gasteiger partial charge in [-0.15, -0.1) is 0 Å². The maximum atomic E-state index is 12.5. The maximum Gasteiger partial charge on any atom is 0.323 e. The van der Waals surface area contributed by atoms with Crippen molar-refractivity contribution in [3.05, 3.63) is 72.1 Å². The number of fused-ring (bicyclic) bond motifs is 1. The summed E-state index contributed by atoms with van der Waals surface area (Å²) in [6, 6.07) is 17.6. The molecule has 1 saturated heterocycles. The quantitative estimate of drug-likeness (QED) is 0.428. The van der Waals surface area contributed by atoms with Crippen molar-refractivity contribution in [2.75, 3.05) is 36.9 Å². The van der Waals surface area contributed by atoms with Gasteiger partial charge in [-0.25, -0.2) is 9.78 Å². The van der Waals surface area contributed by atoms with Gasteiger partial charge in [0.05, 0.1) is 25.1 Å². The van der Waals surface area contributed by atoms with E-state index in [1.165, 1.54) is 5.56 Å². The SMILES string of the molecule is CCc1cccc(NC(=O)Nc2ccc(-c3cc(CN4CCOCC4)nc4c3cnn4C)cc2)c1. The Morgan fingerprint density at radius 3 is 2.57 bits per heavy atom. The van der Waals surface area contributed by atoms with Gasteiger partial charge in [-0.1, -0.05) is 31.2 Å². The summed E-state index contributed by atoms with van der Waals surface area (Å²) >= 11 is 0. The fourth-order valence-electron chi connectivity index (χ4n) is 4.37. The minimum atomic E-state index is -0.266. The first-order valence-electron chi connectivity index (χ1n) is 12.0. The van der Waals surface area contributed by atoms with Crippen LogP contribution in [0.5, 0.6) is 0 Å². The first-order chi connectivity index (χ1) is 17.1. The molecular formula is C27H30N6O2. The topological polar surface area (TPSA) is 84.3 Å². The molecule has 0 saturated carbocycles. The second-order valence-corrected chi connectivity index (χ2v) is 8.77. The maximum absolute atomic E-state index is 12.5. The van der Waals surface area contributed by atoms with Crippen molar-refractivity contribution < 1.29 is 9.53 Å². The molecule has 1 aliphatic heterocycles. The molecule has 0 unspecified atom stereocenters. The van der Waals surface area contributed by atoms with E-state index in [1.54, 1.807) is 0 Å². The van der Waals surface area contributed by atoms with Crippen molar-refractivity contribution in [3.8, 4) is 11.1 Å². The average molecular weight is 471 g/mol. The molecule has 8 heteroatoms. The molecule has 2 N–H and O–H groups in total. The van der Waals surface area contributed by atoms with Crippen LogP contribution in [0.25, 0.3) is 22.2 Å². The fraction of sp³-hybridized carbons (Fsp3) is 0.296. The molecule has 2 aromatic carbocycles. The molecular weight excluding hydrogens is 440 g/mol. The Hall–Kier alpha value is -3.75. The van der Waals surface area contributed by atoms with Crippen LogP contribution in [0.1, 0.15) is 18.2 Å². The van der Waals surface area contributed by atoms with Crippen LogP contribution >= 0.6 is 0 Å². The fourth-order valence-corrected chi connectivity index (χ4v) is 4.37. The number of urea groups is 1. The summed E-state index contributed by atoms with van der Waals surface area (Å²) in [6.07, 6.45) is 2.78. The Morgan fingerprint density at radius 2 is 1.80 bits per heavy atom. The molecule has 5 rings (SSSR count). The van der Waals surface area contributed by atoms with Crippen LogP contribution in [-0.2, 0) is 24.8 Å². The first kappa shape index (κ1) is 23.0. The summed E-state index contributed by atoms with van der Waals surface area (Å²) in [4.78, 5) is 19.7. The lowest BCUT2D eigenvalue weighted by molar-refractivity contribution is 0.0337. The number of nitrogens with one attached hydrogen (secondary N) is 2. The zero-order chi connectivity index (χ0) is 24.2. The van der Waals surface area contributed by atoms with Gasteiger partial charge in [-0.05, 0) is 53.4 Å². The number of aromatic nitrogens is 3. The van der Waals surface area contributed by atoms with Crippen LogP contribution < -0.4 is 10.6 Å². The Kier molecular flexibility index (Phi) is 6.74. The van der Waals surface area contributed by atoms with Gasteiger partial charge in [0, 0.05) is 43.4 Å². The molecule has 2 aromatic heterocycles. The van der Waals surface area contributed by atoms with E-state index < -0.39 is 0 Å². The van der Waals surface area contributed by atoms with Gasteiger partial charge in [0.15, 0.2) is 5.65 Å². The standard InChI is InChI=1S/C27H30N6O2/c1-3-19-5-4-6-22(15-19)31-27(34)30-21-9-7-20(8-10-21)24-16-23(18-33-11-13-35-14-12-33)29-26-25(24)17-28-32(26)2/h4-10,15-17H,3,11-14,18H2,1-2H3,(H2,30,31,34). The highest BCUT2D eigenvalue weighted by Gasteiger charge is 2.16. The number of pyridine rings is 1. The Labute approximate surface area is 204 Å². The van der Waals surface area contributed by atoms with Gasteiger partial charge in [-0.2, -0.15) is 5.10 Å². The molecule has 1 fully saturated rings. The normalized spacial score (nSPS) is 14.2. The van der Waals surface area contributed by atoms with Gasteiger partial charge in [-0.3, -0.25) is 9.58 Å². The van der Waals surface area contributed by atoms with Gasteiger partial charge in [0.25, 0.3) is 0 Å². The highest BCUT2D eigenvalue weighted by molar-refractivity contribution is 6.00. The predicted octanol–water partition coefficient (Wildman–Crippen LogP) is 4.67. The minimum Gasteiger partial charge on any atom is -0.379 e. The Bertz CT molecular complexity index is 1330. The third kappa shape index (κ3) is 5.34. The highest BCUT2D eigenvalue weighted by atomic mass is 16.5. The molecule has 2 amide bonds. The van der Waals surface area contributed by atoms with Crippen LogP contribution in [0, 0.1) is 0 Å². The first-order valence-corrected chi connectivity index (χ1v) is 12.0. The number of hydrogen-bond acceptors (Lipinski definition) is 5. The highest BCUT2D eigenvalue weighted by Crippen LogP contribution is 2.30. The second kappa shape index (κ2) is 10.2. The van der Waals surface area contributed by atoms with E-state index in [0.717, 1.165) is 78.5 Å². The van der Waals surface area contributed by atoms with Crippen molar-refractivity contribution >= 4 is 28.4 Å². The number of carbonyl (C=O) groups excluding carboxylic acids is 1. The largest absolute Gasteiger partial charge is 0.379 e. The van der Waals surface area contributed by atoms with Gasteiger partial charge in [0.2, 0.25) is 0 Å². The Morgan fingerprint density at radius 1 is 1.03 bits per heavy atom. The van der Waals surface area contributed by atoms with E-state index in [4.69, 9.17) is 9.72 Å². The lowest BCUT2D eigenvalue weighted by Gasteiger charge is -2.26. The number of nitrogens with zero attached hydrogens (tertiary/aromatic N) is 4. The van der Waals surface area contributed by atoms with Crippen LogP contribution in [0.15, 0.2) is 60.8 Å². The molecule has 0 spiro atoms. The molecule has 8 nitrogen and oxygen atoms in total. The van der Waals surface area contributed by atoms with Crippen LogP contribution in [-0.4, -0.2) is 52.0 Å². The van der Waals surface area contributed by atoms with Crippen molar-refractivity contribution in [1.29, 1.82) is 0 Å². The summed E-state index contributed by atoms with van der Waals surface area (Å²) in [5.74, 6) is 0. The minimum absolute atomic E-state index is 0.266. The molecule has 35 heavy (non-hydrogen) atoms. The zero-order valence-electron chi connectivity index (χ0n) is 20.1. The molecule has 4 aromatic rings. The summed E-state index contributed by atoms with van der Waals surface area (Å²) in [6.45, 7) is 6.20. The summed E-state index contributed by atoms with van der Waals surface area (Å²) in [5.41, 5.74) is 6.69. The molecule has 0 atom stereocenters. The summed E-state index contributed by atoms with van der Waals surface area (Å²) in [7, 11) is 1.92. The lowest BCUT2D eigenvalue weighted by Crippen LogP contribution is -2.35. The lowest BCUT2D eigenvalue weighted by atomic mass is 10.0. The van der Waals surface area contributed by atoms with Crippen LogP contribution in [0.3, 0.4) is 0 Å². The monoisotopic (exact) mass is 470 g/mol. The number of morpholine rings is 1. The Balaban J connectivity index is 1.34. The summed E-state index contributed by atoms with van der Waals surface area (Å²) < 4.78 is 7.29. The van der Waals surface area contributed by atoms with Gasteiger partial charge < -0.3 is 15.4 Å². The molecule has 0 aliphatic carbocycles. The van der Waals surface area contributed by atoms with E-state index in [1.807, 2.05) is 66.5 Å².